The van der Waals surface area contributed by atoms with Crippen molar-refractivity contribution in [3.63, 3.8) is 0 Å². The Labute approximate surface area is 320 Å². The lowest BCUT2D eigenvalue weighted by Gasteiger charge is -2.37. The van der Waals surface area contributed by atoms with Crippen LogP contribution in [0.3, 0.4) is 0 Å². The lowest BCUT2D eigenvalue weighted by atomic mass is 9.66. The molecule has 2 heterocycles. The second-order valence-corrected chi connectivity index (χ2v) is 15.1. The second kappa shape index (κ2) is 12.7. The van der Waals surface area contributed by atoms with Gasteiger partial charge in [0.1, 0.15) is 11.2 Å². The third kappa shape index (κ3) is 5.24. The maximum Gasteiger partial charge on any atom is 0.164 e. The molecule has 2 aliphatic rings. The van der Waals surface area contributed by atoms with Gasteiger partial charge in [-0.3, -0.25) is 0 Å². The number of furan rings is 1. The normalized spacial score (nSPS) is 14.3. The molecule has 1 saturated carbocycles. The van der Waals surface area contributed by atoms with E-state index in [4.69, 9.17) is 19.4 Å². The molecule has 0 N–H and O–H groups in total. The first-order valence-corrected chi connectivity index (χ1v) is 19.4. The molecule has 2 aromatic heterocycles. The topological polar surface area (TPSA) is 51.8 Å². The molecule has 9 aromatic rings. The quantitative estimate of drug-likeness (QED) is 0.179. The first kappa shape index (κ1) is 31.8. The maximum atomic E-state index is 6.23. The number of rotatable bonds is 5. The highest BCUT2D eigenvalue weighted by Crippen LogP contribution is 2.58. The average Bonchev–Trinajstić information content (AvgIpc) is 3.77. The van der Waals surface area contributed by atoms with Crippen molar-refractivity contribution in [1.82, 2.24) is 15.0 Å². The van der Waals surface area contributed by atoms with Gasteiger partial charge in [-0.05, 0) is 81.6 Å². The minimum absolute atomic E-state index is 0.0955. The van der Waals surface area contributed by atoms with Gasteiger partial charge in [-0.15, -0.1) is 0 Å². The van der Waals surface area contributed by atoms with Gasteiger partial charge >= 0.3 is 0 Å². The predicted molar refractivity (Wildman–Crippen MR) is 224 cm³/mol. The van der Waals surface area contributed by atoms with Crippen molar-refractivity contribution in [2.75, 3.05) is 0 Å². The molecule has 4 nitrogen and oxygen atoms in total. The van der Waals surface area contributed by atoms with Gasteiger partial charge < -0.3 is 4.42 Å². The van der Waals surface area contributed by atoms with Crippen LogP contribution in [0.1, 0.15) is 43.2 Å². The van der Waals surface area contributed by atoms with E-state index in [1.54, 1.807) is 0 Å². The van der Waals surface area contributed by atoms with E-state index in [1.807, 2.05) is 54.6 Å². The van der Waals surface area contributed by atoms with Crippen LogP contribution >= 0.6 is 0 Å². The Balaban J connectivity index is 0.970. The second-order valence-electron chi connectivity index (χ2n) is 15.1. The van der Waals surface area contributed by atoms with Crippen molar-refractivity contribution in [2.24, 2.45) is 0 Å². The van der Waals surface area contributed by atoms with E-state index in [1.165, 1.54) is 71.0 Å². The molecule has 4 heteroatoms. The SMILES string of the molecule is c1ccc(-c2nc(-c3ccc(-c4cccc(-c5cccc6c5C5(CCCCC5)c5ccccc5-6)c4)cc3)nc(-c3ccc4c(c3)oc3ccccc34)n2)cc1. The van der Waals surface area contributed by atoms with Gasteiger partial charge in [-0.2, -0.15) is 0 Å². The van der Waals surface area contributed by atoms with Crippen LogP contribution in [0, 0.1) is 0 Å². The molecule has 55 heavy (non-hydrogen) atoms. The fourth-order valence-corrected chi connectivity index (χ4v) is 9.37. The molecule has 0 aliphatic heterocycles. The van der Waals surface area contributed by atoms with Crippen molar-refractivity contribution in [1.29, 1.82) is 0 Å². The zero-order valence-corrected chi connectivity index (χ0v) is 30.4. The standard InChI is InChI=1S/C51H37N3O/c1-3-13-34(14-4-1)48-52-49(54-50(53-48)38-27-28-42-41-18-6-8-22-45(41)55-46(42)32-38)35-25-23-33(24-26-35)36-15-11-16-37(31-36)39-19-12-20-43-40-17-5-7-21-44(40)51(47(39)43)29-9-2-10-30-51/h1,3-8,11-28,31-32H,2,9-10,29-30H2. The molecule has 0 unspecified atom stereocenters. The van der Waals surface area contributed by atoms with Crippen LogP contribution in [-0.4, -0.2) is 15.0 Å². The highest BCUT2D eigenvalue weighted by molar-refractivity contribution is 6.05. The molecule has 11 rings (SSSR count). The van der Waals surface area contributed by atoms with Crippen LogP contribution in [-0.2, 0) is 5.41 Å². The first-order valence-electron chi connectivity index (χ1n) is 19.4. The molecule has 0 bridgehead atoms. The number of para-hydroxylation sites is 1. The van der Waals surface area contributed by atoms with E-state index in [-0.39, 0.29) is 5.41 Å². The van der Waals surface area contributed by atoms with Crippen molar-refractivity contribution in [3.8, 4) is 67.5 Å². The van der Waals surface area contributed by atoms with Gasteiger partial charge in [0.15, 0.2) is 17.5 Å². The lowest BCUT2D eigenvalue weighted by molar-refractivity contribution is 0.353. The van der Waals surface area contributed by atoms with Gasteiger partial charge in [-0.25, -0.2) is 15.0 Å². The third-order valence-electron chi connectivity index (χ3n) is 11.9. The molecule has 0 saturated heterocycles. The zero-order valence-electron chi connectivity index (χ0n) is 30.4. The molecule has 1 fully saturated rings. The van der Waals surface area contributed by atoms with Crippen LogP contribution in [0.5, 0.6) is 0 Å². The molecule has 1 spiro atoms. The summed E-state index contributed by atoms with van der Waals surface area (Å²) in [7, 11) is 0. The van der Waals surface area contributed by atoms with E-state index in [0.717, 1.165) is 44.2 Å². The smallest absolute Gasteiger partial charge is 0.164 e. The Bertz CT molecular complexity index is 2900. The summed E-state index contributed by atoms with van der Waals surface area (Å²) in [4.78, 5) is 15.0. The maximum absolute atomic E-state index is 6.23. The van der Waals surface area contributed by atoms with Crippen LogP contribution in [0.2, 0.25) is 0 Å². The average molecular weight is 708 g/mol. The van der Waals surface area contributed by atoms with E-state index in [0.29, 0.717) is 17.5 Å². The number of hydrogen-bond acceptors (Lipinski definition) is 4. The Kier molecular flexibility index (Phi) is 7.38. The summed E-state index contributed by atoms with van der Waals surface area (Å²) in [6.45, 7) is 0. The largest absolute Gasteiger partial charge is 0.456 e. The number of nitrogens with zero attached hydrogens (tertiary/aromatic N) is 3. The van der Waals surface area contributed by atoms with Crippen molar-refractivity contribution < 1.29 is 4.42 Å². The minimum atomic E-state index is 0.0955. The van der Waals surface area contributed by atoms with E-state index >= 15 is 0 Å². The molecule has 0 radical (unpaired) electrons. The monoisotopic (exact) mass is 707 g/mol. The summed E-state index contributed by atoms with van der Waals surface area (Å²) in [5.41, 5.74) is 15.4. The van der Waals surface area contributed by atoms with Gasteiger partial charge in [0.2, 0.25) is 0 Å². The molecular formula is C51H37N3O. The predicted octanol–water partition coefficient (Wildman–Crippen LogP) is 13.3. The minimum Gasteiger partial charge on any atom is -0.456 e. The Morgan fingerprint density at radius 1 is 0.382 bits per heavy atom. The van der Waals surface area contributed by atoms with Crippen molar-refractivity contribution in [3.05, 3.63) is 175 Å². The third-order valence-corrected chi connectivity index (χ3v) is 11.9. The number of benzene rings is 7. The Morgan fingerprint density at radius 2 is 0.964 bits per heavy atom. The summed E-state index contributed by atoms with van der Waals surface area (Å²) < 4.78 is 6.23. The van der Waals surface area contributed by atoms with Gasteiger partial charge in [-0.1, -0.05) is 159 Å². The van der Waals surface area contributed by atoms with Crippen LogP contribution in [0.15, 0.2) is 168 Å². The molecule has 7 aromatic carbocycles. The van der Waals surface area contributed by atoms with E-state index < -0.39 is 0 Å². The van der Waals surface area contributed by atoms with E-state index in [9.17, 15) is 0 Å². The summed E-state index contributed by atoms with van der Waals surface area (Å²) in [6, 6.07) is 58.3. The van der Waals surface area contributed by atoms with Crippen LogP contribution in [0.25, 0.3) is 89.5 Å². The highest BCUT2D eigenvalue weighted by Gasteiger charge is 2.45. The Morgan fingerprint density at radius 3 is 1.80 bits per heavy atom. The number of aromatic nitrogens is 3. The summed E-state index contributed by atoms with van der Waals surface area (Å²) in [6.07, 6.45) is 6.31. The molecule has 2 aliphatic carbocycles. The molecular weight excluding hydrogens is 671 g/mol. The zero-order chi connectivity index (χ0) is 36.3. The van der Waals surface area contributed by atoms with Crippen LogP contribution in [0.4, 0.5) is 0 Å². The first-order chi connectivity index (χ1) is 27.2. The summed E-state index contributed by atoms with van der Waals surface area (Å²) in [5, 5.41) is 2.18. The summed E-state index contributed by atoms with van der Waals surface area (Å²) in [5.74, 6) is 1.87. The summed E-state index contributed by atoms with van der Waals surface area (Å²) >= 11 is 0. The highest BCUT2D eigenvalue weighted by atomic mass is 16.3. The van der Waals surface area contributed by atoms with Crippen molar-refractivity contribution >= 4 is 21.9 Å². The van der Waals surface area contributed by atoms with E-state index in [2.05, 4.69) is 109 Å². The van der Waals surface area contributed by atoms with Gasteiger partial charge in [0, 0.05) is 32.9 Å². The van der Waals surface area contributed by atoms with Crippen LogP contribution < -0.4 is 0 Å². The van der Waals surface area contributed by atoms with Gasteiger partial charge in [0.25, 0.3) is 0 Å². The molecule has 0 atom stereocenters. The lowest BCUT2D eigenvalue weighted by Crippen LogP contribution is -2.28. The molecule has 262 valence electrons. The van der Waals surface area contributed by atoms with Crippen molar-refractivity contribution in [2.45, 2.75) is 37.5 Å². The number of fused-ring (bicyclic) bond motifs is 8. The Hall–Kier alpha value is -6.65. The fraction of sp³-hybridized carbons (Fsp3) is 0.118. The van der Waals surface area contributed by atoms with Gasteiger partial charge in [0.05, 0.1) is 0 Å². The fourth-order valence-electron chi connectivity index (χ4n) is 9.37. The molecule has 0 amide bonds. The number of hydrogen-bond donors (Lipinski definition) is 0.